The van der Waals surface area contributed by atoms with Gasteiger partial charge >= 0.3 is 0 Å². The van der Waals surface area contributed by atoms with Crippen LogP contribution in [0.5, 0.6) is 0 Å². The van der Waals surface area contributed by atoms with Gasteiger partial charge in [-0.15, -0.1) is 0 Å². The zero-order valence-corrected chi connectivity index (χ0v) is 8.20. The van der Waals surface area contributed by atoms with Gasteiger partial charge in [-0.25, -0.2) is 0 Å². The van der Waals surface area contributed by atoms with Crippen LogP contribution in [0.1, 0.15) is 31.9 Å². The molecule has 0 radical (unpaired) electrons. The van der Waals surface area contributed by atoms with E-state index in [0.29, 0.717) is 5.92 Å². The lowest BCUT2D eigenvalue weighted by Gasteiger charge is -2.17. The zero-order chi connectivity index (χ0) is 9.68. The standard InChI is InChI=1S/C10H17N3/c1-8(2)6-10(13-11)9-4-3-5-12-7-9/h3-5,7-8,10,13H,6,11H2,1-2H3. The minimum absolute atomic E-state index is 0.216. The Hall–Kier alpha value is -0.930. The average Bonchev–Trinajstić information content (AvgIpc) is 2.15. The van der Waals surface area contributed by atoms with Gasteiger partial charge in [-0.05, 0) is 24.0 Å². The molecule has 1 atom stereocenters. The summed E-state index contributed by atoms with van der Waals surface area (Å²) >= 11 is 0. The number of nitrogens with two attached hydrogens (primary N) is 1. The van der Waals surface area contributed by atoms with Crippen LogP contribution in [0.4, 0.5) is 0 Å². The highest BCUT2D eigenvalue weighted by molar-refractivity contribution is 5.13. The second-order valence-corrected chi connectivity index (χ2v) is 3.64. The predicted molar refractivity (Wildman–Crippen MR) is 53.8 cm³/mol. The fourth-order valence-electron chi connectivity index (χ4n) is 1.35. The number of rotatable bonds is 4. The fourth-order valence-corrected chi connectivity index (χ4v) is 1.35. The molecule has 3 heteroatoms. The smallest absolute Gasteiger partial charge is 0.0477 e. The van der Waals surface area contributed by atoms with Gasteiger partial charge in [0.2, 0.25) is 0 Å². The van der Waals surface area contributed by atoms with Crippen LogP contribution >= 0.6 is 0 Å². The summed E-state index contributed by atoms with van der Waals surface area (Å²) in [5.74, 6) is 6.10. The molecule has 0 saturated carbocycles. The molecular weight excluding hydrogens is 162 g/mol. The van der Waals surface area contributed by atoms with Crippen LogP contribution in [0, 0.1) is 5.92 Å². The highest BCUT2D eigenvalue weighted by atomic mass is 15.2. The van der Waals surface area contributed by atoms with E-state index < -0.39 is 0 Å². The van der Waals surface area contributed by atoms with Crippen molar-refractivity contribution in [2.24, 2.45) is 11.8 Å². The second kappa shape index (κ2) is 4.94. The van der Waals surface area contributed by atoms with E-state index in [0.717, 1.165) is 12.0 Å². The summed E-state index contributed by atoms with van der Waals surface area (Å²) in [4.78, 5) is 4.07. The van der Waals surface area contributed by atoms with Crippen LogP contribution in [0.25, 0.3) is 0 Å². The molecule has 1 heterocycles. The molecule has 3 N–H and O–H groups in total. The van der Waals surface area contributed by atoms with Gasteiger partial charge in [0.1, 0.15) is 0 Å². The lowest BCUT2D eigenvalue weighted by molar-refractivity contribution is 0.437. The summed E-state index contributed by atoms with van der Waals surface area (Å²) in [6, 6.07) is 4.19. The monoisotopic (exact) mass is 179 g/mol. The minimum Gasteiger partial charge on any atom is -0.271 e. The van der Waals surface area contributed by atoms with Crippen molar-refractivity contribution >= 4 is 0 Å². The highest BCUT2D eigenvalue weighted by Gasteiger charge is 2.10. The first kappa shape index (κ1) is 10.2. The summed E-state index contributed by atoms with van der Waals surface area (Å²) in [6.45, 7) is 4.36. The fraction of sp³-hybridized carbons (Fsp3) is 0.500. The number of hydrogen-bond donors (Lipinski definition) is 2. The van der Waals surface area contributed by atoms with Gasteiger partial charge in [0.05, 0.1) is 0 Å². The Bertz CT molecular complexity index is 233. The van der Waals surface area contributed by atoms with E-state index >= 15 is 0 Å². The number of hydrazine groups is 1. The summed E-state index contributed by atoms with van der Waals surface area (Å²) in [5.41, 5.74) is 3.96. The van der Waals surface area contributed by atoms with Crippen LogP contribution in [0.3, 0.4) is 0 Å². The SMILES string of the molecule is CC(C)CC(NN)c1cccnc1. The van der Waals surface area contributed by atoms with Gasteiger partial charge in [-0.1, -0.05) is 19.9 Å². The maximum absolute atomic E-state index is 5.48. The quantitative estimate of drug-likeness (QED) is 0.545. The molecule has 0 aliphatic rings. The van der Waals surface area contributed by atoms with E-state index in [9.17, 15) is 0 Å². The first-order valence-corrected chi connectivity index (χ1v) is 4.60. The topological polar surface area (TPSA) is 50.9 Å². The summed E-state index contributed by atoms with van der Waals surface area (Å²) < 4.78 is 0. The van der Waals surface area contributed by atoms with E-state index in [1.54, 1.807) is 6.20 Å². The van der Waals surface area contributed by atoms with Crippen molar-refractivity contribution in [2.45, 2.75) is 26.3 Å². The summed E-state index contributed by atoms with van der Waals surface area (Å²) in [6.07, 6.45) is 4.65. The Kier molecular flexibility index (Phi) is 3.86. The third-order valence-electron chi connectivity index (χ3n) is 2.00. The van der Waals surface area contributed by atoms with Crippen LogP contribution in [0.15, 0.2) is 24.5 Å². The van der Waals surface area contributed by atoms with Crippen LogP contribution in [-0.2, 0) is 0 Å². The predicted octanol–water partition coefficient (Wildman–Crippen LogP) is 1.63. The van der Waals surface area contributed by atoms with Gasteiger partial charge in [0, 0.05) is 18.4 Å². The van der Waals surface area contributed by atoms with Gasteiger partial charge < -0.3 is 0 Å². The van der Waals surface area contributed by atoms with Crippen molar-refractivity contribution in [3.8, 4) is 0 Å². The Balaban J connectivity index is 2.67. The van der Waals surface area contributed by atoms with Gasteiger partial charge in [0.25, 0.3) is 0 Å². The lowest BCUT2D eigenvalue weighted by Crippen LogP contribution is -2.29. The first-order valence-electron chi connectivity index (χ1n) is 4.60. The molecule has 3 nitrogen and oxygen atoms in total. The van der Waals surface area contributed by atoms with Crippen molar-refractivity contribution < 1.29 is 0 Å². The second-order valence-electron chi connectivity index (χ2n) is 3.64. The van der Waals surface area contributed by atoms with E-state index in [4.69, 9.17) is 5.84 Å². The number of hydrogen-bond acceptors (Lipinski definition) is 3. The molecule has 0 spiro atoms. The molecule has 1 aromatic heterocycles. The molecule has 0 aliphatic heterocycles. The molecule has 72 valence electrons. The van der Waals surface area contributed by atoms with Crippen molar-refractivity contribution in [3.63, 3.8) is 0 Å². The molecule has 0 saturated heterocycles. The van der Waals surface area contributed by atoms with Gasteiger partial charge in [-0.2, -0.15) is 0 Å². The largest absolute Gasteiger partial charge is 0.271 e. The van der Waals surface area contributed by atoms with Crippen LogP contribution in [-0.4, -0.2) is 4.98 Å². The third-order valence-corrected chi connectivity index (χ3v) is 2.00. The van der Waals surface area contributed by atoms with E-state index in [1.165, 1.54) is 0 Å². The van der Waals surface area contributed by atoms with Gasteiger partial charge in [0.15, 0.2) is 0 Å². The third kappa shape index (κ3) is 3.13. The molecule has 0 bridgehead atoms. The molecule has 1 unspecified atom stereocenters. The molecule has 0 aromatic carbocycles. The Morgan fingerprint density at radius 3 is 2.77 bits per heavy atom. The van der Waals surface area contributed by atoms with E-state index in [2.05, 4.69) is 24.3 Å². The molecule has 0 aliphatic carbocycles. The van der Waals surface area contributed by atoms with Crippen molar-refractivity contribution in [1.29, 1.82) is 0 Å². The van der Waals surface area contributed by atoms with Crippen molar-refractivity contribution in [1.82, 2.24) is 10.4 Å². The normalized spacial score (nSPS) is 13.2. The number of pyridine rings is 1. The van der Waals surface area contributed by atoms with Crippen molar-refractivity contribution in [3.05, 3.63) is 30.1 Å². The summed E-state index contributed by atoms with van der Waals surface area (Å²) in [5, 5.41) is 0. The average molecular weight is 179 g/mol. The molecule has 13 heavy (non-hydrogen) atoms. The number of nitrogens with one attached hydrogen (secondary N) is 1. The van der Waals surface area contributed by atoms with E-state index in [-0.39, 0.29) is 6.04 Å². The van der Waals surface area contributed by atoms with Gasteiger partial charge in [-0.3, -0.25) is 16.3 Å². The first-order chi connectivity index (χ1) is 6.24. The van der Waals surface area contributed by atoms with E-state index in [1.807, 2.05) is 18.3 Å². The van der Waals surface area contributed by atoms with Crippen LogP contribution in [0.2, 0.25) is 0 Å². The Labute approximate surface area is 79.3 Å². The van der Waals surface area contributed by atoms with Crippen LogP contribution < -0.4 is 11.3 Å². The van der Waals surface area contributed by atoms with Crippen molar-refractivity contribution in [2.75, 3.05) is 0 Å². The Morgan fingerprint density at radius 1 is 1.54 bits per heavy atom. The zero-order valence-electron chi connectivity index (χ0n) is 8.20. The minimum atomic E-state index is 0.216. The molecule has 1 rings (SSSR count). The lowest BCUT2D eigenvalue weighted by atomic mass is 9.99. The highest BCUT2D eigenvalue weighted by Crippen LogP contribution is 2.18. The number of nitrogens with zero attached hydrogens (tertiary/aromatic N) is 1. The number of aromatic nitrogens is 1. The molecule has 0 fully saturated rings. The summed E-state index contributed by atoms with van der Waals surface area (Å²) in [7, 11) is 0. The Morgan fingerprint density at radius 2 is 2.31 bits per heavy atom. The molecule has 0 amide bonds. The maximum atomic E-state index is 5.48. The maximum Gasteiger partial charge on any atom is 0.0477 e. The molecule has 1 aromatic rings. The molecular formula is C10H17N3.